The summed E-state index contributed by atoms with van der Waals surface area (Å²) in [6.45, 7) is 7.90. The van der Waals surface area contributed by atoms with Gasteiger partial charge in [-0.2, -0.15) is 0 Å². The van der Waals surface area contributed by atoms with Crippen molar-refractivity contribution in [2.24, 2.45) is 5.92 Å². The van der Waals surface area contributed by atoms with Crippen molar-refractivity contribution in [3.8, 4) is 0 Å². The fourth-order valence-electron chi connectivity index (χ4n) is 1.57. The lowest BCUT2D eigenvalue weighted by Crippen LogP contribution is -2.64. The SMILES string of the molecule is CC(=O)CCN1CC(O)(C(C)C)C1. The number of β-amino-alcohol motifs (C(OH)–C–C–N with tert-alkyl or cyclic N) is 1. The van der Waals surface area contributed by atoms with Gasteiger partial charge in [0.2, 0.25) is 0 Å². The van der Waals surface area contributed by atoms with Crippen LogP contribution in [0.25, 0.3) is 0 Å². The van der Waals surface area contributed by atoms with E-state index in [9.17, 15) is 9.90 Å². The van der Waals surface area contributed by atoms with Crippen LogP contribution in [0, 0.1) is 5.92 Å². The standard InChI is InChI=1S/C10H19NO2/c1-8(2)10(13)6-11(7-10)5-4-9(3)12/h8,13H,4-7H2,1-3H3. The molecule has 3 heteroatoms. The van der Waals surface area contributed by atoms with Gasteiger partial charge in [-0.15, -0.1) is 0 Å². The van der Waals surface area contributed by atoms with Gasteiger partial charge in [0, 0.05) is 26.1 Å². The molecule has 13 heavy (non-hydrogen) atoms. The molecule has 0 bridgehead atoms. The highest BCUT2D eigenvalue weighted by molar-refractivity contribution is 5.75. The smallest absolute Gasteiger partial charge is 0.131 e. The summed E-state index contributed by atoms with van der Waals surface area (Å²) in [5.74, 6) is 0.529. The molecule has 0 aliphatic carbocycles. The average Bonchev–Trinajstić information content (AvgIpc) is 1.95. The average molecular weight is 185 g/mol. The first-order valence-electron chi connectivity index (χ1n) is 4.88. The molecule has 0 radical (unpaired) electrons. The lowest BCUT2D eigenvalue weighted by atomic mass is 9.83. The highest BCUT2D eigenvalue weighted by Crippen LogP contribution is 2.28. The van der Waals surface area contributed by atoms with Crippen molar-refractivity contribution >= 4 is 5.78 Å². The molecule has 76 valence electrons. The molecule has 0 aromatic heterocycles. The van der Waals surface area contributed by atoms with Gasteiger partial charge in [-0.1, -0.05) is 13.8 Å². The second-order valence-corrected chi connectivity index (χ2v) is 4.42. The zero-order chi connectivity index (χ0) is 10.1. The van der Waals surface area contributed by atoms with E-state index in [1.807, 2.05) is 13.8 Å². The first-order chi connectivity index (χ1) is 5.94. The number of rotatable bonds is 4. The van der Waals surface area contributed by atoms with Crippen LogP contribution >= 0.6 is 0 Å². The van der Waals surface area contributed by atoms with Gasteiger partial charge in [0.25, 0.3) is 0 Å². The number of nitrogens with zero attached hydrogens (tertiary/aromatic N) is 1. The second-order valence-electron chi connectivity index (χ2n) is 4.42. The van der Waals surface area contributed by atoms with Crippen LogP contribution < -0.4 is 0 Å². The Hall–Kier alpha value is -0.410. The van der Waals surface area contributed by atoms with Crippen molar-refractivity contribution in [3.63, 3.8) is 0 Å². The van der Waals surface area contributed by atoms with E-state index in [0.717, 1.165) is 19.6 Å². The number of Topliss-reactive ketones (excluding diaryl/α,β-unsaturated/α-hetero) is 1. The van der Waals surface area contributed by atoms with Gasteiger partial charge in [0.15, 0.2) is 0 Å². The Bertz CT molecular complexity index is 195. The molecular formula is C10H19NO2. The number of hydrogen-bond donors (Lipinski definition) is 1. The highest BCUT2D eigenvalue weighted by Gasteiger charge is 2.42. The minimum Gasteiger partial charge on any atom is -0.387 e. The van der Waals surface area contributed by atoms with Gasteiger partial charge in [-0.3, -0.25) is 9.69 Å². The van der Waals surface area contributed by atoms with Gasteiger partial charge in [0.1, 0.15) is 5.78 Å². The van der Waals surface area contributed by atoms with E-state index in [-0.39, 0.29) is 5.78 Å². The van der Waals surface area contributed by atoms with E-state index in [1.54, 1.807) is 6.92 Å². The fourth-order valence-corrected chi connectivity index (χ4v) is 1.57. The Morgan fingerprint density at radius 1 is 1.54 bits per heavy atom. The van der Waals surface area contributed by atoms with Gasteiger partial charge in [0.05, 0.1) is 5.60 Å². The first kappa shape index (κ1) is 10.7. The Morgan fingerprint density at radius 3 is 2.46 bits per heavy atom. The number of carbonyl (C=O) groups is 1. The highest BCUT2D eigenvalue weighted by atomic mass is 16.3. The first-order valence-corrected chi connectivity index (χ1v) is 4.88. The van der Waals surface area contributed by atoms with Crippen LogP contribution in [-0.4, -0.2) is 41.0 Å². The molecule has 0 amide bonds. The molecule has 1 fully saturated rings. The third kappa shape index (κ3) is 2.51. The van der Waals surface area contributed by atoms with Crippen LogP contribution in [0.15, 0.2) is 0 Å². The van der Waals surface area contributed by atoms with Gasteiger partial charge in [-0.25, -0.2) is 0 Å². The minimum absolute atomic E-state index is 0.222. The molecule has 1 heterocycles. The summed E-state index contributed by atoms with van der Waals surface area (Å²) >= 11 is 0. The number of ketones is 1. The number of aliphatic hydroxyl groups is 1. The predicted molar refractivity (Wildman–Crippen MR) is 51.5 cm³/mol. The van der Waals surface area contributed by atoms with Gasteiger partial charge < -0.3 is 5.11 Å². The lowest BCUT2D eigenvalue weighted by Gasteiger charge is -2.49. The quantitative estimate of drug-likeness (QED) is 0.699. The minimum atomic E-state index is -0.503. The van der Waals surface area contributed by atoms with Gasteiger partial charge >= 0.3 is 0 Å². The van der Waals surface area contributed by atoms with E-state index in [4.69, 9.17) is 0 Å². The summed E-state index contributed by atoms with van der Waals surface area (Å²) in [5.41, 5.74) is -0.503. The molecule has 0 aromatic rings. The van der Waals surface area contributed by atoms with Crippen LogP contribution in [0.4, 0.5) is 0 Å². The van der Waals surface area contributed by atoms with E-state index < -0.39 is 5.60 Å². The zero-order valence-corrected chi connectivity index (χ0v) is 8.71. The molecule has 1 rings (SSSR count). The molecule has 0 aromatic carbocycles. The molecular weight excluding hydrogens is 166 g/mol. The van der Waals surface area contributed by atoms with Crippen molar-refractivity contribution in [2.75, 3.05) is 19.6 Å². The summed E-state index contributed by atoms with van der Waals surface area (Å²) in [4.78, 5) is 12.8. The molecule has 0 unspecified atom stereocenters. The Labute approximate surface area is 79.7 Å². The number of likely N-dealkylation sites (tertiary alicyclic amines) is 1. The van der Waals surface area contributed by atoms with Crippen molar-refractivity contribution in [1.29, 1.82) is 0 Å². The zero-order valence-electron chi connectivity index (χ0n) is 8.71. The Balaban J connectivity index is 2.21. The van der Waals surface area contributed by atoms with Gasteiger partial charge in [-0.05, 0) is 12.8 Å². The topological polar surface area (TPSA) is 40.5 Å². The van der Waals surface area contributed by atoms with E-state index in [2.05, 4.69) is 4.90 Å². The van der Waals surface area contributed by atoms with Crippen LogP contribution in [-0.2, 0) is 4.79 Å². The summed E-state index contributed by atoms with van der Waals surface area (Å²) in [6.07, 6.45) is 0.605. The van der Waals surface area contributed by atoms with Crippen molar-refractivity contribution < 1.29 is 9.90 Å². The van der Waals surface area contributed by atoms with Crippen molar-refractivity contribution in [1.82, 2.24) is 4.90 Å². The molecule has 1 aliphatic heterocycles. The third-order valence-electron chi connectivity index (χ3n) is 2.85. The van der Waals surface area contributed by atoms with E-state index in [0.29, 0.717) is 12.3 Å². The second kappa shape index (κ2) is 3.76. The van der Waals surface area contributed by atoms with E-state index >= 15 is 0 Å². The molecule has 0 atom stereocenters. The molecule has 1 N–H and O–H groups in total. The summed E-state index contributed by atoms with van der Waals surface area (Å²) in [5, 5.41) is 9.90. The molecule has 0 saturated carbocycles. The maximum absolute atomic E-state index is 10.7. The normalized spacial score (nSPS) is 21.6. The molecule has 1 saturated heterocycles. The monoisotopic (exact) mass is 185 g/mol. The lowest BCUT2D eigenvalue weighted by molar-refractivity contribution is -0.132. The Kier molecular flexibility index (Phi) is 3.09. The van der Waals surface area contributed by atoms with Crippen LogP contribution in [0.5, 0.6) is 0 Å². The predicted octanol–water partition coefficient (Wildman–Crippen LogP) is 0.668. The Morgan fingerprint density at radius 2 is 2.08 bits per heavy atom. The molecule has 1 aliphatic rings. The van der Waals surface area contributed by atoms with E-state index in [1.165, 1.54) is 0 Å². The molecule has 0 spiro atoms. The molecule has 3 nitrogen and oxygen atoms in total. The fraction of sp³-hybridized carbons (Fsp3) is 0.900. The maximum atomic E-state index is 10.7. The van der Waals surface area contributed by atoms with Crippen LogP contribution in [0.2, 0.25) is 0 Å². The summed E-state index contributed by atoms with van der Waals surface area (Å²) in [7, 11) is 0. The van der Waals surface area contributed by atoms with Crippen LogP contribution in [0.1, 0.15) is 27.2 Å². The largest absolute Gasteiger partial charge is 0.387 e. The summed E-state index contributed by atoms with van der Waals surface area (Å²) < 4.78 is 0. The third-order valence-corrected chi connectivity index (χ3v) is 2.85. The summed E-state index contributed by atoms with van der Waals surface area (Å²) in [6, 6.07) is 0. The van der Waals surface area contributed by atoms with Crippen LogP contribution in [0.3, 0.4) is 0 Å². The number of carbonyl (C=O) groups excluding carboxylic acids is 1. The van der Waals surface area contributed by atoms with Crippen molar-refractivity contribution in [3.05, 3.63) is 0 Å². The van der Waals surface area contributed by atoms with Crippen molar-refractivity contribution in [2.45, 2.75) is 32.8 Å². The number of hydrogen-bond acceptors (Lipinski definition) is 3. The maximum Gasteiger partial charge on any atom is 0.131 e.